The molecule has 0 spiro atoms. The Morgan fingerprint density at radius 3 is 2.46 bits per heavy atom. The molecule has 2 aromatic carbocycles. The van der Waals surface area contributed by atoms with Gasteiger partial charge in [0.1, 0.15) is 5.75 Å². The lowest BCUT2D eigenvalue weighted by Crippen LogP contribution is -2.12. The van der Waals surface area contributed by atoms with Gasteiger partial charge in [0, 0.05) is 6.07 Å². The largest absolute Gasteiger partial charge is 0.496 e. The van der Waals surface area contributed by atoms with E-state index in [1.807, 2.05) is 18.2 Å². The van der Waals surface area contributed by atoms with Crippen LogP contribution in [0, 0.1) is 0 Å². The molecule has 144 valence electrons. The highest BCUT2D eigenvalue weighted by Crippen LogP contribution is 2.27. The molecule has 28 heavy (non-hydrogen) atoms. The molecule has 3 aromatic rings. The number of aromatic nitrogens is 2. The van der Waals surface area contributed by atoms with Gasteiger partial charge in [-0.25, -0.2) is 9.59 Å². The second-order valence-corrected chi connectivity index (χ2v) is 6.43. The van der Waals surface area contributed by atoms with Gasteiger partial charge in [0.25, 0.3) is 0 Å². The quantitative estimate of drug-likeness (QED) is 0.533. The van der Waals surface area contributed by atoms with Gasteiger partial charge in [-0.05, 0) is 53.2 Å². The van der Waals surface area contributed by atoms with Crippen molar-refractivity contribution in [2.24, 2.45) is 0 Å². The molecule has 0 saturated heterocycles. The zero-order chi connectivity index (χ0) is 20.1. The highest BCUT2D eigenvalue weighted by molar-refractivity contribution is 9.10. The molecular weight excluding hydrogens is 428 g/mol. The molecule has 0 fully saturated rings. The molecule has 0 radical (unpaired) electrons. The lowest BCUT2D eigenvalue weighted by Gasteiger charge is -2.09. The van der Waals surface area contributed by atoms with Crippen molar-refractivity contribution in [3.63, 3.8) is 0 Å². The van der Waals surface area contributed by atoms with Gasteiger partial charge < -0.3 is 14.2 Å². The Hall–Kier alpha value is -3.13. The zero-order valence-electron chi connectivity index (χ0n) is 15.2. The van der Waals surface area contributed by atoms with Gasteiger partial charge in [-0.2, -0.15) is 9.78 Å². The number of esters is 2. The second kappa shape index (κ2) is 8.71. The number of halogens is 1. The van der Waals surface area contributed by atoms with Crippen molar-refractivity contribution >= 4 is 27.9 Å². The smallest absolute Gasteiger partial charge is 0.358 e. The van der Waals surface area contributed by atoms with Crippen LogP contribution < -0.4 is 9.47 Å². The number of carbonyl (C=O) groups is 2. The first-order valence-corrected chi connectivity index (χ1v) is 9.21. The Bertz CT molecular complexity index is 1000. The van der Waals surface area contributed by atoms with Crippen molar-refractivity contribution in [3.8, 4) is 17.3 Å². The molecule has 0 atom stereocenters. The summed E-state index contributed by atoms with van der Waals surface area (Å²) in [4.78, 5) is 24.7. The van der Waals surface area contributed by atoms with Crippen molar-refractivity contribution in [1.29, 1.82) is 0 Å². The second-order valence-electron chi connectivity index (χ2n) is 5.57. The molecule has 0 saturated carbocycles. The number of rotatable bonds is 6. The molecule has 0 bridgehead atoms. The van der Waals surface area contributed by atoms with E-state index >= 15 is 0 Å². The fraction of sp³-hybridized carbons (Fsp3) is 0.150. The van der Waals surface area contributed by atoms with Crippen molar-refractivity contribution in [2.75, 3.05) is 13.7 Å². The highest BCUT2D eigenvalue weighted by Gasteiger charge is 2.20. The van der Waals surface area contributed by atoms with Crippen molar-refractivity contribution in [2.45, 2.75) is 6.92 Å². The van der Waals surface area contributed by atoms with E-state index < -0.39 is 11.9 Å². The zero-order valence-corrected chi connectivity index (χ0v) is 16.8. The third kappa shape index (κ3) is 4.23. The Morgan fingerprint density at radius 2 is 1.82 bits per heavy atom. The number of methoxy groups -OCH3 is 1. The van der Waals surface area contributed by atoms with E-state index in [0.29, 0.717) is 21.5 Å². The third-order valence-corrected chi connectivity index (χ3v) is 4.37. The Balaban J connectivity index is 1.94. The highest BCUT2D eigenvalue weighted by atomic mass is 79.9. The van der Waals surface area contributed by atoms with Crippen molar-refractivity contribution < 1.29 is 23.8 Å². The van der Waals surface area contributed by atoms with E-state index in [4.69, 9.17) is 14.2 Å². The Morgan fingerprint density at radius 1 is 1.07 bits per heavy atom. The van der Waals surface area contributed by atoms with Crippen LogP contribution in [0.4, 0.5) is 0 Å². The molecule has 3 rings (SSSR count). The lowest BCUT2D eigenvalue weighted by molar-refractivity contribution is 0.0518. The fourth-order valence-electron chi connectivity index (χ4n) is 2.44. The summed E-state index contributed by atoms with van der Waals surface area (Å²) in [7, 11) is 1.54. The Labute approximate surface area is 170 Å². The number of hydrogen-bond donors (Lipinski definition) is 0. The molecule has 0 aliphatic rings. The summed E-state index contributed by atoms with van der Waals surface area (Å²) in [6.07, 6.45) is 0. The van der Waals surface area contributed by atoms with Gasteiger partial charge in [-0.1, -0.05) is 18.2 Å². The predicted molar refractivity (Wildman–Crippen MR) is 105 cm³/mol. The maximum atomic E-state index is 12.6. The molecule has 0 N–H and O–H groups in total. The maximum absolute atomic E-state index is 12.6. The standard InChI is InChI=1S/C20H17BrN2O5/c1-3-27-20(25)16-12-18(23(22-16)14-7-5-4-6-8-14)28-19(24)13-9-10-17(26-2)15(21)11-13/h4-12H,3H2,1-2H3. The van der Waals surface area contributed by atoms with Gasteiger partial charge in [0.15, 0.2) is 5.69 Å². The minimum Gasteiger partial charge on any atom is -0.496 e. The van der Waals surface area contributed by atoms with Crippen LogP contribution in [-0.2, 0) is 4.74 Å². The molecule has 1 heterocycles. The third-order valence-electron chi connectivity index (χ3n) is 3.75. The van der Waals surface area contributed by atoms with Gasteiger partial charge in [0.2, 0.25) is 5.88 Å². The van der Waals surface area contributed by atoms with E-state index in [9.17, 15) is 9.59 Å². The molecule has 0 aliphatic heterocycles. The van der Waals surface area contributed by atoms with Crippen molar-refractivity contribution in [1.82, 2.24) is 9.78 Å². The summed E-state index contributed by atoms with van der Waals surface area (Å²) in [5.74, 6) is -0.501. The number of carbonyl (C=O) groups excluding carboxylic acids is 2. The first-order valence-electron chi connectivity index (χ1n) is 8.41. The number of ether oxygens (including phenoxy) is 3. The summed E-state index contributed by atoms with van der Waals surface area (Å²) in [5.41, 5.74) is 0.993. The van der Waals surface area contributed by atoms with Crippen LogP contribution in [-0.4, -0.2) is 35.4 Å². The van der Waals surface area contributed by atoms with Crippen LogP contribution in [0.25, 0.3) is 5.69 Å². The molecule has 7 nitrogen and oxygen atoms in total. The first-order chi connectivity index (χ1) is 13.5. The summed E-state index contributed by atoms with van der Waals surface area (Å²) in [5, 5.41) is 4.23. The first kappa shape index (κ1) is 19.6. The van der Waals surface area contributed by atoms with E-state index in [1.54, 1.807) is 37.3 Å². The minimum absolute atomic E-state index is 0.0458. The topological polar surface area (TPSA) is 79.6 Å². The Kier molecular flexibility index (Phi) is 6.10. The van der Waals surface area contributed by atoms with Gasteiger partial charge in [0.05, 0.1) is 29.4 Å². The van der Waals surface area contributed by atoms with Crippen LogP contribution in [0.1, 0.15) is 27.8 Å². The molecule has 0 aliphatic carbocycles. The monoisotopic (exact) mass is 444 g/mol. The van der Waals surface area contributed by atoms with Gasteiger partial charge >= 0.3 is 11.9 Å². The number of para-hydroxylation sites is 1. The molecule has 8 heteroatoms. The normalized spacial score (nSPS) is 10.4. The fourth-order valence-corrected chi connectivity index (χ4v) is 2.98. The van der Waals surface area contributed by atoms with Crippen molar-refractivity contribution in [3.05, 3.63) is 70.3 Å². The summed E-state index contributed by atoms with van der Waals surface area (Å²) in [6.45, 7) is 1.92. The van der Waals surface area contributed by atoms with Crippen LogP contribution in [0.3, 0.4) is 0 Å². The minimum atomic E-state index is -0.601. The van der Waals surface area contributed by atoms with E-state index in [2.05, 4.69) is 21.0 Å². The molecule has 0 unspecified atom stereocenters. The number of benzene rings is 2. The average Bonchev–Trinajstić information content (AvgIpc) is 3.12. The molecule has 0 amide bonds. The number of nitrogens with zero attached hydrogens (tertiary/aromatic N) is 2. The van der Waals surface area contributed by atoms with E-state index in [1.165, 1.54) is 17.9 Å². The average molecular weight is 445 g/mol. The van der Waals surface area contributed by atoms with Crippen LogP contribution >= 0.6 is 15.9 Å². The van der Waals surface area contributed by atoms with Crippen LogP contribution in [0.15, 0.2) is 59.1 Å². The lowest BCUT2D eigenvalue weighted by atomic mass is 10.2. The van der Waals surface area contributed by atoms with E-state index in [-0.39, 0.29) is 18.2 Å². The maximum Gasteiger partial charge on any atom is 0.358 e. The predicted octanol–water partition coefficient (Wildman–Crippen LogP) is 4.04. The summed E-state index contributed by atoms with van der Waals surface area (Å²) >= 11 is 3.34. The van der Waals surface area contributed by atoms with E-state index in [0.717, 1.165) is 0 Å². The summed E-state index contributed by atoms with van der Waals surface area (Å²) in [6, 6.07) is 15.2. The van der Waals surface area contributed by atoms with Crippen LogP contribution in [0.2, 0.25) is 0 Å². The van der Waals surface area contributed by atoms with Gasteiger partial charge in [-0.15, -0.1) is 0 Å². The SMILES string of the molecule is CCOC(=O)c1cc(OC(=O)c2ccc(OC)c(Br)c2)n(-c2ccccc2)n1. The van der Waals surface area contributed by atoms with Gasteiger partial charge in [-0.3, -0.25) is 0 Å². The summed E-state index contributed by atoms with van der Waals surface area (Å²) < 4.78 is 17.7. The molecule has 1 aromatic heterocycles. The van der Waals surface area contributed by atoms with Crippen LogP contribution in [0.5, 0.6) is 11.6 Å². The number of hydrogen-bond acceptors (Lipinski definition) is 6. The molecular formula is C20H17BrN2O5.